The fourth-order valence-electron chi connectivity index (χ4n) is 1.46. The van der Waals surface area contributed by atoms with Gasteiger partial charge in [0.15, 0.2) is 0 Å². The van der Waals surface area contributed by atoms with Gasteiger partial charge in [-0.05, 0) is 23.5 Å². The molecule has 3 heteroatoms. The lowest BCUT2D eigenvalue weighted by Gasteiger charge is -2.04. The van der Waals surface area contributed by atoms with Crippen LogP contribution in [0.4, 0.5) is 0 Å². The van der Waals surface area contributed by atoms with Crippen LogP contribution in [0.5, 0.6) is 0 Å². The van der Waals surface area contributed by atoms with Crippen LogP contribution in [-0.4, -0.2) is 18.6 Å². The first-order valence-electron chi connectivity index (χ1n) is 5.49. The number of benzene rings is 1. The summed E-state index contributed by atoms with van der Waals surface area (Å²) in [5, 5.41) is 7.04. The summed E-state index contributed by atoms with van der Waals surface area (Å²) in [6.07, 6.45) is 2.85. The molecule has 0 unspecified atom stereocenters. The van der Waals surface area contributed by atoms with Crippen molar-refractivity contribution in [1.29, 1.82) is 5.41 Å². The maximum Gasteiger partial charge on any atom is 0.113 e. The summed E-state index contributed by atoms with van der Waals surface area (Å²) in [5.41, 5.74) is 7.60. The van der Waals surface area contributed by atoms with Crippen LogP contribution in [0, 0.1) is 11.3 Å². The zero-order valence-electron chi connectivity index (χ0n) is 9.90. The molecule has 0 saturated heterocycles. The van der Waals surface area contributed by atoms with Crippen LogP contribution >= 0.6 is 0 Å². The maximum absolute atomic E-state index is 7.04. The highest BCUT2D eigenvalue weighted by atomic mass is 14.8. The largest absolute Gasteiger partial charge is 0.386 e. The van der Waals surface area contributed by atoms with Gasteiger partial charge in [0.2, 0.25) is 0 Å². The van der Waals surface area contributed by atoms with Gasteiger partial charge in [0.1, 0.15) is 5.84 Å². The highest BCUT2D eigenvalue weighted by Crippen LogP contribution is 2.08. The van der Waals surface area contributed by atoms with E-state index in [2.05, 4.69) is 31.0 Å². The second-order valence-electron chi connectivity index (χ2n) is 4.33. The molecule has 0 aliphatic rings. The van der Waals surface area contributed by atoms with Gasteiger partial charge in [0.25, 0.3) is 0 Å². The Hall–Kier alpha value is -1.64. The third kappa shape index (κ3) is 4.73. The van der Waals surface area contributed by atoms with Crippen LogP contribution in [0.15, 0.2) is 29.3 Å². The average molecular weight is 217 g/mol. The predicted molar refractivity (Wildman–Crippen MR) is 69.4 cm³/mol. The van der Waals surface area contributed by atoms with Gasteiger partial charge in [-0.3, -0.25) is 10.4 Å². The summed E-state index contributed by atoms with van der Waals surface area (Å²) in [6.45, 7) is 4.69. The number of hydrogen-bond acceptors (Lipinski definition) is 2. The Labute approximate surface area is 96.9 Å². The highest BCUT2D eigenvalue weighted by Gasteiger charge is 1.96. The summed E-state index contributed by atoms with van der Waals surface area (Å²) in [5.74, 6) is 0.768. The second-order valence-corrected chi connectivity index (χ2v) is 4.33. The number of rotatable bonds is 5. The van der Waals surface area contributed by atoms with Crippen molar-refractivity contribution < 1.29 is 0 Å². The summed E-state index contributed by atoms with van der Waals surface area (Å²) < 4.78 is 0. The molecule has 3 N–H and O–H groups in total. The number of hydrogen-bond donors (Lipinski definition) is 2. The molecule has 86 valence electrons. The van der Waals surface area contributed by atoms with Crippen molar-refractivity contribution >= 4 is 12.1 Å². The first-order valence-corrected chi connectivity index (χ1v) is 5.49. The predicted octanol–water partition coefficient (Wildman–Crippen LogP) is 2.24. The van der Waals surface area contributed by atoms with E-state index in [1.807, 2.05) is 12.1 Å². The normalized spacial score (nSPS) is 11.2. The Kier molecular flexibility index (Phi) is 4.70. The van der Waals surface area contributed by atoms with E-state index in [-0.39, 0.29) is 12.4 Å². The Balaban J connectivity index is 2.57. The van der Waals surface area contributed by atoms with E-state index in [4.69, 9.17) is 11.1 Å². The molecule has 0 bridgehead atoms. The lowest BCUT2D eigenvalue weighted by atomic mass is 10.0. The van der Waals surface area contributed by atoms with Crippen molar-refractivity contribution in [2.75, 3.05) is 6.54 Å². The molecule has 3 nitrogen and oxygen atoms in total. The van der Waals surface area contributed by atoms with Crippen molar-refractivity contribution in [2.24, 2.45) is 16.6 Å². The summed E-state index contributed by atoms with van der Waals surface area (Å²) in [7, 11) is 0. The van der Waals surface area contributed by atoms with E-state index < -0.39 is 0 Å². The summed E-state index contributed by atoms with van der Waals surface area (Å²) >= 11 is 0. The van der Waals surface area contributed by atoms with Crippen LogP contribution in [-0.2, 0) is 6.42 Å². The fraction of sp³-hybridized carbons (Fsp3) is 0.385. The van der Waals surface area contributed by atoms with Crippen LogP contribution < -0.4 is 5.73 Å². The maximum atomic E-state index is 7.04. The number of aliphatic imine (C=N–C) groups is 1. The van der Waals surface area contributed by atoms with Gasteiger partial charge >= 0.3 is 0 Å². The molecule has 0 saturated carbocycles. The molecular weight excluding hydrogens is 198 g/mol. The molecule has 0 aliphatic heterocycles. The summed E-state index contributed by atoms with van der Waals surface area (Å²) in [6, 6.07) is 8.33. The van der Waals surface area contributed by atoms with Crippen LogP contribution in [0.1, 0.15) is 25.0 Å². The van der Waals surface area contributed by atoms with Gasteiger partial charge in [0, 0.05) is 6.21 Å². The number of amidine groups is 1. The molecule has 0 fully saturated rings. The minimum Gasteiger partial charge on any atom is -0.386 e. The van der Waals surface area contributed by atoms with Crippen LogP contribution in [0.25, 0.3) is 0 Å². The Morgan fingerprint density at radius 1 is 1.38 bits per heavy atom. The molecule has 0 amide bonds. The zero-order valence-corrected chi connectivity index (χ0v) is 9.90. The monoisotopic (exact) mass is 217 g/mol. The Morgan fingerprint density at radius 3 is 2.50 bits per heavy atom. The van der Waals surface area contributed by atoms with Gasteiger partial charge in [-0.15, -0.1) is 0 Å². The van der Waals surface area contributed by atoms with Crippen molar-refractivity contribution in [3.63, 3.8) is 0 Å². The number of nitrogens with one attached hydrogen (secondary N) is 1. The Morgan fingerprint density at radius 2 is 2.00 bits per heavy atom. The van der Waals surface area contributed by atoms with Crippen molar-refractivity contribution in [3.05, 3.63) is 35.4 Å². The van der Waals surface area contributed by atoms with E-state index in [1.165, 1.54) is 5.56 Å². The van der Waals surface area contributed by atoms with Gasteiger partial charge in [-0.25, -0.2) is 0 Å². The molecule has 0 aromatic heterocycles. The fourth-order valence-corrected chi connectivity index (χ4v) is 1.46. The van der Waals surface area contributed by atoms with Gasteiger partial charge in [-0.2, -0.15) is 0 Å². The van der Waals surface area contributed by atoms with Gasteiger partial charge in [-0.1, -0.05) is 38.1 Å². The van der Waals surface area contributed by atoms with Crippen molar-refractivity contribution in [2.45, 2.75) is 20.3 Å². The zero-order chi connectivity index (χ0) is 12.0. The van der Waals surface area contributed by atoms with Crippen LogP contribution in [0.2, 0.25) is 0 Å². The SMILES string of the molecule is CC(C)Cc1ccc(C=NCC(=N)N)cc1. The third-order valence-electron chi connectivity index (χ3n) is 2.13. The lowest BCUT2D eigenvalue weighted by Crippen LogP contribution is -2.12. The third-order valence-corrected chi connectivity index (χ3v) is 2.13. The quantitative estimate of drug-likeness (QED) is 0.576. The molecular formula is C13H19N3. The smallest absolute Gasteiger partial charge is 0.113 e. The van der Waals surface area contributed by atoms with Crippen LogP contribution in [0.3, 0.4) is 0 Å². The molecule has 0 spiro atoms. The molecule has 0 aliphatic carbocycles. The van der Waals surface area contributed by atoms with E-state index in [9.17, 15) is 0 Å². The standard InChI is InChI=1S/C13H19N3/c1-10(2)7-11-3-5-12(6-4-11)8-16-9-13(14)15/h3-6,8,10H,7,9H2,1-2H3,(H3,14,15). The number of nitrogens with two attached hydrogens (primary N) is 1. The minimum absolute atomic E-state index is 0.0904. The van der Waals surface area contributed by atoms with E-state index >= 15 is 0 Å². The summed E-state index contributed by atoms with van der Waals surface area (Å²) in [4.78, 5) is 4.06. The van der Waals surface area contributed by atoms with E-state index in [1.54, 1.807) is 6.21 Å². The van der Waals surface area contributed by atoms with E-state index in [0.717, 1.165) is 12.0 Å². The average Bonchev–Trinajstić information content (AvgIpc) is 2.19. The molecule has 0 heterocycles. The molecule has 1 aromatic rings. The van der Waals surface area contributed by atoms with Crippen molar-refractivity contribution in [3.8, 4) is 0 Å². The number of nitrogens with zero attached hydrogens (tertiary/aromatic N) is 1. The Bertz CT molecular complexity index is 363. The highest BCUT2D eigenvalue weighted by molar-refractivity contribution is 5.84. The second kappa shape index (κ2) is 6.05. The van der Waals surface area contributed by atoms with E-state index in [0.29, 0.717) is 5.92 Å². The first kappa shape index (κ1) is 12.4. The minimum atomic E-state index is 0.0904. The molecule has 1 aromatic carbocycles. The molecule has 16 heavy (non-hydrogen) atoms. The first-order chi connectivity index (χ1) is 7.58. The molecule has 1 rings (SSSR count). The molecule has 0 radical (unpaired) electrons. The topological polar surface area (TPSA) is 62.2 Å². The lowest BCUT2D eigenvalue weighted by molar-refractivity contribution is 0.647. The van der Waals surface area contributed by atoms with Gasteiger partial charge < -0.3 is 5.73 Å². The molecule has 0 atom stereocenters. The van der Waals surface area contributed by atoms with Gasteiger partial charge in [0.05, 0.1) is 6.54 Å². The van der Waals surface area contributed by atoms with Crippen molar-refractivity contribution in [1.82, 2.24) is 0 Å².